The van der Waals surface area contributed by atoms with Crippen LogP contribution in [0.25, 0.3) is 0 Å². The van der Waals surface area contributed by atoms with E-state index in [1.807, 2.05) is 30.3 Å². The highest BCUT2D eigenvalue weighted by molar-refractivity contribution is 5.20. The molecule has 0 aromatic heterocycles. The molecular formula is C17H20F2N2. The minimum atomic E-state index is -2.88. The van der Waals surface area contributed by atoms with Crippen molar-refractivity contribution in [2.75, 3.05) is 19.6 Å². The van der Waals surface area contributed by atoms with Crippen molar-refractivity contribution in [1.29, 1.82) is 0 Å². The van der Waals surface area contributed by atoms with Gasteiger partial charge in [-0.3, -0.25) is 4.90 Å². The molecule has 2 aromatic rings. The lowest BCUT2D eigenvalue weighted by molar-refractivity contribution is -0.0392. The molecule has 0 radical (unpaired) electrons. The Morgan fingerprint density at radius 2 is 1.48 bits per heavy atom. The van der Waals surface area contributed by atoms with Gasteiger partial charge in [-0.05, 0) is 5.56 Å². The highest BCUT2D eigenvalue weighted by Crippen LogP contribution is 2.29. The molecule has 0 saturated heterocycles. The summed E-state index contributed by atoms with van der Waals surface area (Å²) in [4.78, 5) is 1.70. The topological polar surface area (TPSA) is 29.3 Å². The minimum Gasteiger partial charge on any atom is -0.329 e. The van der Waals surface area contributed by atoms with Gasteiger partial charge in [0.2, 0.25) is 0 Å². The Morgan fingerprint density at radius 1 is 0.905 bits per heavy atom. The average Bonchev–Trinajstić information content (AvgIpc) is 2.49. The van der Waals surface area contributed by atoms with Gasteiger partial charge in [0.1, 0.15) is 0 Å². The fourth-order valence-corrected chi connectivity index (χ4v) is 2.29. The van der Waals surface area contributed by atoms with Crippen molar-refractivity contribution in [2.24, 2.45) is 5.73 Å². The largest absolute Gasteiger partial charge is 0.329 e. The van der Waals surface area contributed by atoms with Crippen molar-refractivity contribution in [3.63, 3.8) is 0 Å². The van der Waals surface area contributed by atoms with Crippen LogP contribution < -0.4 is 5.73 Å². The summed E-state index contributed by atoms with van der Waals surface area (Å²) in [5.41, 5.74) is 6.60. The smallest absolute Gasteiger partial charge is 0.285 e. The van der Waals surface area contributed by atoms with Crippen LogP contribution in [0, 0.1) is 0 Å². The van der Waals surface area contributed by atoms with Gasteiger partial charge in [-0.15, -0.1) is 0 Å². The minimum absolute atomic E-state index is 0.0417. The predicted octanol–water partition coefficient (Wildman–Crippen LogP) is 3.24. The number of benzene rings is 2. The standard InChI is InChI=1S/C17H20F2N2/c18-17(19,16-9-5-2-6-10-16)14-21(12-11-20)13-15-7-3-1-4-8-15/h1-10H,11-14,20H2. The number of hydrogen-bond donors (Lipinski definition) is 1. The fraction of sp³-hybridized carbons (Fsp3) is 0.294. The van der Waals surface area contributed by atoms with Gasteiger partial charge in [0.05, 0.1) is 6.54 Å². The van der Waals surface area contributed by atoms with Crippen molar-refractivity contribution in [3.8, 4) is 0 Å². The zero-order valence-electron chi connectivity index (χ0n) is 11.9. The van der Waals surface area contributed by atoms with E-state index >= 15 is 0 Å². The zero-order valence-corrected chi connectivity index (χ0v) is 11.9. The third kappa shape index (κ3) is 4.62. The van der Waals surface area contributed by atoms with Gasteiger partial charge in [-0.2, -0.15) is 8.78 Å². The molecule has 0 aliphatic carbocycles. The lowest BCUT2D eigenvalue weighted by atomic mass is 10.1. The van der Waals surface area contributed by atoms with Gasteiger partial charge in [-0.25, -0.2) is 0 Å². The lowest BCUT2D eigenvalue weighted by Crippen LogP contribution is -2.38. The van der Waals surface area contributed by atoms with Crippen molar-refractivity contribution in [2.45, 2.75) is 12.5 Å². The third-order valence-electron chi connectivity index (χ3n) is 3.31. The van der Waals surface area contributed by atoms with Crippen molar-refractivity contribution < 1.29 is 8.78 Å². The van der Waals surface area contributed by atoms with Gasteiger partial charge in [0.15, 0.2) is 0 Å². The summed E-state index contributed by atoms with van der Waals surface area (Å²) in [7, 11) is 0. The average molecular weight is 290 g/mol. The van der Waals surface area contributed by atoms with Crippen LogP contribution in [0.4, 0.5) is 8.78 Å². The molecule has 0 spiro atoms. The van der Waals surface area contributed by atoms with Crippen LogP contribution in [0.2, 0.25) is 0 Å². The first-order valence-electron chi connectivity index (χ1n) is 7.01. The summed E-state index contributed by atoms with van der Waals surface area (Å²) in [6.07, 6.45) is 0. The van der Waals surface area contributed by atoms with Crippen LogP contribution in [-0.2, 0) is 12.5 Å². The third-order valence-corrected chi connectivity index (χ3v) is 3.31. The van der Waals surface area contributed by atoms with Gasteiger partial charge >= 0.3 is 0 Å². The molecule has 0 heterocycles. The van der Waals surface area contributed by atoms with E-state index in [0.717, 1.165) is 5.56 Å². The first kappa shape index (κ1) is 15.6. The summed E-state index contributed by atoms with van der Waals surface area (Å²) in [6, 6.07) is 17.5. The number of nitrogens with two attached hydrogens (primary N) is 1. The van der Waals surface area contributed by atoms with Crippen LogP contribution in [-0.4, -0.2) is 24.5 Å². The highest BCUT2D eigenvalue weighted by atomic mass is 19.3. The number of hydrogen-bond acceptors (Lipinski definition) is 2. The SMILES string of the molecule is NCCN(Cc1ccccc1)CC(F)(F)c1ccccc1. The highest BCUT2D eigenvalue weighted by Gasteiger charge is 2.33. The molecule has 0 fully saturated rings. The Bertz CT molecular complexity index is 529. The van der Waals surface area contributed by atoms with E-state index in [0.29, 0.717) is 19.6 Å². The summed E-state index contributed by atoms with van der Waals surface area (Å²) >= 11 is 0. The molecule has 0 saturated carbocycles. The zero-order chi connectivity index (χ0) is 15.1. The second-order valence-electron chi connectivity index (χ2n) is 5.06. The maximum atomic E-state index is 14.3. The monoisotopic (exact) mass is 290 g/mol. The maximum Gasteiger partial charge on any atom is 0.285 e. The second kappa shape index (κ2) is 7.29. The Balaban J connectivity index is 2.08. The van der Waals surface area contributed by atoms with E-state index in [1.165, 1.54) is 12.1 Å². The van der Waals surface area contributed by atoms with Crippen LogP contribution in [0.1, 0.15) is 11.1 Å². The lowest BCUT2D eigenvalue weighted by Gasteiger charge is -2.27. The van der Waals surface area contributed by atoms with Crippen LogP contribution in [0.3, 0.4) is 0 Å². The Labute approximate surface area is 124 Å². The first-order valence-corrected chi connectivity index (χ1v) is 7.01. The van der Waals surface area contributed by atoms with E-state index in [2.05, 4.69) is 0 Å². The van der Waals surface area contributed by atoms with Gasteiger partial charge < -0.3 is 5.73 Å². The molecule has 2 nitrogen and oxygen atoms in total. The molecule has 0 amide bonds. The van der Waals surface area contributed by atoms with Crippen molar-refractivity contribution in [3.05, 3.63) is 71.8 Å². The van der Waals surface area contributed by atoms with Crippen LogP contribution in [0.15, 0.2) is 60.7 Å². The molecule has 0 bridgehead atoms. The van der Waals surface area contributed by atoms with E-state index in [9.17, 15) is 8.78 Å². The Morgan fingerprint density at radius 3 is 2.05 bits per heavy atom. The molecule has 21 heavy (non-hydrogen) atoms. The van der Waals surface area contributed by atoms with Crippen molar-refractivity contribution >= 4 is 0 Å². The maximum absolute atomic E-state index is 14.3. The van der Waals surface area contributed by atoms with Gasteiger partial charge in [0, 0.05) is 25.2 Å². The molecule has 2 N–H and O–H groups in total. The van der Waals surface area contributed by atoms with Crippen LogP contribution in [0.5, 0.6) is 0 Å². The number of alkyl halides is 2. The van der Waals surface area contributed by atoms with Crippen molar-refractivity contribution in [1.82, 2.24) is 4.90 Å². The quantitative estimate of drug-likeness (QED) is 0.848. The molecule has 0 aliphatic heterocycles. The fourth-order valence-electron chi connectivity index (χ4n) is 2.29. The molecular weight excluding hydrogens is 270 g/mol. The molecule has 2 rings (SSSR count). The molecule has 4 heteroatoms. The molecule has 0 unspecified atom stereocenters. The molecule has 0 aliphatic rings. The molecule has 2 aromatic carbocycles. The first-order chi connectivity index (χ1) is 10.1. The summed E-state index contributed by atoms with van der Waals surface area (Å²) in [6.45, 7) is 0.943. The molecule has 112 valence electrons. The summed E-state index contributed by atoms with van der Waals surface area (Å²) < 4.78 is 28.7. The molecule has 0 atom stereocenters. The second-order valence-corrected chi connectivity index (χ2v) is 5.06. The van der Waals surface area contributed by atoms with Gasteiger partial charge in [-0.1, -0.05) is 60.7 Å². The van der Waals surface area contributed by atoms with E-state index in [4.69, 9.17) is 5.73 Å². The summed E-state index contributed by atoms with van der Waals surface area (Å²) in [5, 5.41) is 0. The predicted molar refractivity (Wildman–Crippen MR) is 81.1 cm³/mol. The van der Waals surface area contributed by atoms with Crippen LogP contribution >= 0.6 is 0 Å². The van der Waals surface area contributed by atoms with Gasteiger partial charge in [0.25, 0.3) is 5.92 Å². The number of rotatable bonds is 7. The Hall–Kier alpha value is -1.78. The number of halogens is 2. The van der Waals surface area contributed by atoms with E-state index in [1.54, 1.807) is 23.1 Å². The Kier molecular flexibility index (Phi) is 5.42. The van der Waals surface area contributed by atoms with E-state index < -0.39 is 5.92 Å². The normalized spacial score (nSPS) is 11.8. The summed E-state index contributed by atoms with van der Waals surface area (Å²) in [5.74, 6) is -2.88. The van der Waals surface area contributed by atoms with E-state index in [-0.39, 0.29) is 12.1 Å². The number of nitrogens with zero attached hydrogens (tertiary/aromatic N) is 1.